The maximum atomic E-state index is 11.7. The van der Waals surface area contributed by atoms with Crippen molar-refractivity contribution in [3.05, 3.63) is 29.8 Å². The molecule has 1 aliphatic heterocycles. The van der Waals surface area contributed by atoms with Crippen molar-refractivity contribution in [2.24, 2.45) is 5.16 Å². The van der Waals surface area contributed by atoms with Gasteiger partial charge in [0, 0.05) is 0 Å². The summed E-state index contributed by atoms with van der Waals surface area (Å²) in [5.41, 5.74) is 0.488. The van der Waals surface area contributed by atoms with Crippen molar-refractivity contribution in [2.75, 3.05) is 0 Å². The summed E-state index contributed by atoms with van der Waals surface area (Å²) in [6.45, 7) is 1.67. The predicted molar refractivity (Wildman–Crippen MR) is 50.1 cm³/mol. The quantitative estimate of drug-likeness (QED) is 0.499. The van der Waals surface area contributed by atoms with E-state index in [2.05, 4.69) is 5.16 Å². The smallest absolute Gasteiger partial charge is 0.218 e. The van der Waals surface area contributed by atoms with Crippen LogP contribution in [0.5, 0.6) is 5.75 Å². The minimum Gasteiger partial charge on any atom is -0.483 e. The third kappa shape index (κ3) is 1.16. The minimum atomic E-state index is -0.498. The molecule has 1 aliphatic rings. The van der Waals surface area contributed by atoms with Crippen LogP contribution in [-0.2, 0) is 0 Å². The highest BCUT2D eigenvalue weighted by molar-refractivity contribution is 6.48. The first-order chi connectivity index (χ1) is 6.74. The molecule has 4 nitrogen and oxygen atoms in total. The molecule has 14 heavy (non-hydrogen) atoms. The highest BCUT2D eigenvalue weighted by Crippen LogP contribution is 2.25. The Balaban J connectivity index is 2.54. The van der Waals surface area contributed by atoms with Crippen LogP contribution < -0.4 is 4.74 Å². The number of rotatable bonds is 0. The standard InChI is InChI=1S/C10H9NO3/c1-6-9(11-13)10(12)7-4-2-3-5-8(7)14-6/h2-6,13H,1H3/b11-9+. The topological polar surface area (TPSA) is 58.9 Å². The second-order valence-electron chi connectivity index (χ2n) is 3.07. The van der Waals surface area contributed by atoms with Gasteiger partial charge in [-0.05, 0) is 19.1 Å². The van der Waals surface area contributed by atoms with Crippen LogP contribution in [0, 0.1) is 0 Å². The van der Waals surface area contributed by atoms with Gasteiger partial charge in [0.25, 0.3) is 0 Å². The Morgan fingerprint density at radius 3 is 2.86 bits per heavy atom. The molecule has 0 aromatic heterocycles. The van der Waals surface area contributed by atoms with Gasteiger partial charge in [0.15, 0.2) is 5.71 Å². The molecule has 1 N–H and O–H groups in total. The molecule has 0 fully saturated rings. The molecule has 4 heteroatoms. The number of ketones is 1. The molecule has 0 spiro atoms. The molecular weight excluding hydrogens is 182 g/mol. The summed E-state index contributed by atoms with van der Waals surface area (Å²) in [6.07, 6.45) is -0.498. The van der Waals surface area contributed by atoms with E-state index in [1.165, 1.54) is 0 Å². The number of hydrogen-bond acceptors (Lipinski definition) is 4. The zero-order valence-electron chi connectivity index (χ0n) is 7.60. The number of Topliss-reactive ketones (excluding diaryl/α,β-unsaturated/α-hetero) is 1. The molecule has 0 radical (unpaired) electrons. The third-order valence-electron chi connectivity index (χ3n) is 2.16. The van der Waals surface area contributed by atoms with Crippen LogP contribution in [0.3, 0.4) is 0 Å². The zero-order valence-corrected chi connectivity index (χ0v) is 7.60. The lowest BCUT2D eigenvalue weighted by molar-refractivity contribution is 0.102. The van der Waals surface area contributed by atoms with E-state index in [4.69, 9.17) is 9.94 Å². The maximum absolute atomic E-state index is 11.7. The van der Waals surface area contributed by atoms with Gasteiger partial charge >= 0.3 is 0 Å². The van der Waals surface area contributed by atoms with E-state index < -0.39 is 6.10 Å². The molecule has 2 rings (SSSR count). The van der Waals surface area contributed by atoms with Gasteiger partial charge in [0.1, 0.15) is 11.9 Å². The fourth-order valence-corrected chi connectivity index (χ4v) is 1.45. The highest BCUT2D eigenvalue weighted by Gasteiger charge is 2.30. The molecule has 1 atom stereocenters. The van der Waals surface area contributed by atoms with Crippen LogP contribution in [0.2, 0.25) is 0 Å². The van der Waals surface area contributed by atoms with Gasteiger partial charge in [-0.25, -0.2) is 0 Å². The lowest BCUT2D eigenvalue weighted by atomic mass is 10.00. The molecule has 1 aromatic carbocycles. The molecule has 1 heterocycles. The molecule has 72 valence electrons. The molecule has 0 amide bonds. The average molecular weight is 191 g/mol. The van der Waals surface area contributed by atoms with Gasteiger partial charge in [-0.3, -0.25) is 4.79 Å². The Morgan fingerprint density at radius 2 is 2.14 bits per heavy atom. The Hall–Kier alpha value is -1.84. The van der Waals surface area contributed by atoms with Crippen molar-refractivity contribution >= 4 is 11.5 Å². The lowest BCUT2D eigenvalue weighted by Gasteiger charge is -2.22. The largest absolute Gasteiger partial charge is 0.483 e. The zero-order chi connectivity index (χ0) is 10.1. The van der Waals surface area contributed by atoms with E-state index in [-0.39, 0.29) is 11.5 Å². The molecule has 1 aromatic rings. The Bertz CT molecular complexity index is 412. The van der Waals surface area contributed by atoms with E-state index in [1.807, 2.05) is 0 Å². The SMILES string of the molecule is CC1Oc2ccccc2C(=O)/C1=N/O. The molecule has 0 aliphatic carbocycles. The fourth-order valence-electron chi connectivity index (χ4n) is 1.45. The number of fused-ring (bicyclic) bond motifs is 1. The van der Waals surface area contributed by atoms with Crippen LogP contribution in [0.15, 0.2) is 29.4 Å². The van der Waals surface area contributed by atoms with Crippen molar-refractivity contribution < 1.29 is 14.7 Å². The highest BCUT2D eigenvalue weighted by atomic mass is 16.5. The van der Waals surface area contributed by atoms with Crippen molar-refractivity contribution in [3.63, 3.8) is 0 Å². The summed E-state index contributed by atoms with van der Waals surface area (Å²) in [5, 5.41) is 11.6. The fraction of sp³-hybridized carbons (Fsp3) is 0.200. The number of carbonyl (C=O) groups is 1. The number of carbonyl (C=O) groups excluding carboxylic acids is 1. The van der Waals surface area contributed by atoms with E-state index in [0.717, 1.165) is 0 Å². The first-order valence-corrected chi connectivity index (χ1v) is 4.26. The Kier molecular flexibility index (Phi) is 1.96. The molecule has 1 unspecified atom stereocenters. The molecule has 0 saturated heterocycles. The van der Waals surface area contributed by atoms with Gasteiger partial charge in [-0.1, -0.05) is 17.3 Å². The van der Waals surface area contributed by atoms with Crippen LogP contribution >= 0.6 is 0 Å². The summed E-state index contributed by atoms with van der Waals surface area (Å²) in [7, 11) is 0. The van der Waals surface area contributed by atoms with Gasteiger partial charge < -0.3 is 9.94 Å². The summed E-state index contributed by atoms with van der Waals surface area (Å²) >= 11 is 0. The molecule has 0 bridgehead atoms. The Labute approximate surface area is 80.8 Å². The van der Waals surface area contributed by atoms with Crippen molar-refractivity contribution in [1.29, 1.82) is 0 Å². The number of ether oxygens (including phenoxy) is 1. The Morgan fingerprint density at radius 1 is 1.43 bits per heavy atom. The van der Waals surface area contributed by atoms with Gasteiger partial charge in [0.2, 0.25) is 5.78 Å². The van der Waals surface area contributed by atoms with Crippen LogP contribution in [0.1, 0.15) is 17.3 Å². The average Bonchev–Trinajstić information content (AvgIpc) is 2.18. The van der Waals surface area contributed by atoms with Crippen molar-refractivity contribution in [2.45, 2.75) is 13.0 Å². The van der Waals surface area contributed by atoms with E-state index in [1.54, 1.807) is 31.2 Å². The van der Waals surface area contributed by atoms with Crippen molar-refractivity contribution in [3.8, 4) is 5.75 Å². The third-order valence-corrected chi connectivity index (χ3v) is 2.16. The maximum Gasteiger partial charge on any atom is 0.218 e. The first kappa shape index (κ1) is 8.74. The number of oxime groups is 1. The summed E-state index contributed by atoms with van der Waals surface area (Å²) < 4.78 is 5.39. The van der Waals surface area contributed by atoms with Crippen LogP contribution in [0.25, 0.3) is 0 Å². The minimum absolute atomic E-state index is 0.0451. The lowest BCUT2D eigenvalue weighted by Crippen LogP contribution is -2.36. The summed E-state index contributed by atoms with van der Waals surface area (Å²) in [4.78, 5) is 11.7. The second kappa shape index (κ2) is 3.14. The summed E-state index contributed by atoms with van der Waals surface area (Å²) in [5.74, 6) is 0.263. The van der Waals surface area contributed by atoms with Crippen molar-refractivity contribution in [1.82, 2.24) is 0 Å². The van der Waals surface area contributed by atoms with E-state index >= 15 is 0 Å². The van der Waals surface area contributed by atoms with Gasteiger partial charge in [0.05, 0.1) is 5.56 Å². The summed E-state index contributed by atoms with van der Waals surface area (Å²) in [6, 6.07) is 6.90. The van der Waals surface area contributed by atoms with E-state index in [0.29, 0.717) is 11.3 Å². The number of para-hydroxylation sites is 1. The second-order valence-corrected chi connectivity index (χ2v) is 3.07. The number of nitrogens with zero attached hydrogens (tertiary/aromatic N) is 1. The van der Waals surface area contributed by atoms with E-state index in [9.17, 15) is 4.79 Å². The normalized spacial score (nSPS) is 23.1. The monoisotopic (exact) mass is 191 g/mol. The first-order valence-electron chi connectivity index (χ1n) is 4.26. The number of benzene rings is 1. The van der Waals surface area contributed by atoms with Gasteiger partial charge in [-0.2, -0.15) is 0 Å². The molecule has 0 saturated carbocycles. The molecular formula is C10H9NO3. The number of hydrogen-bond donors (Lipinski definition) is 1. The van der Waals surface area contributed by atoms with Gasteiger partial charge in [-0.15, -0.1) is 0 Å². The van der Waals surface area contributed by atoms with Crippen LogP contribution in [-0.4, -0.2) is 22.8 Å². The van der Waals surface area contributed by atoms with Crippen LogP contribution in [0.4, 0.5) is 0 Å². The predicted octanol–water partition coefficient (Wildman–Crippen LogP) is 1.48.